The highest BCUT2D eigenvalue weighted by Crippen LogP contribution is 2.21. The van der Waals surface area contributed by atoms with Gasteiger partial charge in [-0.1, -0.05) is 6.07 Å². The normalized spacial score (nSPS) is 19.4. The lowest BCUT2D eigenvalue weighted by atomic mass is 10.0. The Labute approximate surface area is 97.2 Å². The van der Waals surface area contributed by atoms with E-state index in [1.165, 1.54) is 6.07 Å². The molecule has 1 aliphatic rings. The fourth-order valence-corrected chi connectivity index (χ4v) is 1.50. The van der Waals surface area contributed by atoms with Gasteiger partial charge >= 0.3 is 6.09 Å². The van der Waals surface area contributed by atoms with Gasteiger partial charge in [-0.2, -0.15) is 0 Å². The lowest BCUT2D eigenvalue weighted by Gasteiger charge is -2.23. The van der Waals surface area contributed by atoms with E-state index in [4.69, 9.17) is 0 Å². The lowest BCUT2D eigenvalue weighted by molar-refractivity contribution is 0.115. The minimum atomic E-state index is -0.909. The van der Waals surface area contributed by atoms with Crippen molar-refractivity contribution in [2.45, 2.75) is 12.5 Å². The van der Waals surface area contributed by atoms with Gasteiger partial charge in [0.25, 0.3) is 0 Å². The number of alkyl carbamates (subject to hydrolysis) is 1. The number of carbonyl (C=O) groups is 1. The topological polar surface area (TPSA) is 38.3 Å². The average molecular weight is 250 g/mol. The summed E-state index contributed by atoms with van der Waals surface area (Å²) in [6.45, 7) is 0.287. The molecule has 1 aromatic carbocycles. The summed E-state index contributed by atoms with van der Waals surface area (Å²) in [5.41, 5.74) is 0.547. The molecule has 1 amide bonds. The van der Waals surface area contributed by atoms with E-state index in [1.54, 1.807) is 0 Å². The van der Waals surface area contributed by atoms with Crippen molar-refractivity contribution >= 4 is 18.5 Å². The van der Waals surface area contributed by atoms with Crippen LogP contribution in [0.1, 0.15) is 18.0 Å². The molecule has 0 unspecified atom stereocenters. The van der Waals surface area contributed by atoms with Crippen LogP contribution in [-0.2, 0) is 4.74 Å². The first-order chi connectivity index (χ1) is 7.16. The molecular weight excluding hydrogens is 240 g/mol. The van der Waals surface area contributed by atoms with Crippen LogP contribution in [-0.4, -0.2) is 12.7 Å². The number of hydrogen-bond donors (Lipinski definition) is 1. The van der Waals surface area contributed by atoms with Crippen molar-refractivity contribution in [3.05, 3.63) is 35.4 Å². The third kappa shape index (κ3) is 2.61. The predicted octanol–water partition coefficient (Wildman–Crippen LogP) is 2.56. The quantitative estimate of drug-likeness (QED) is 0.831. The molecule has 0 aliphatic carbocycles. The molecule has 1 aromatic rings. The molecule has 1 aliphatic heterocycles. The molecule has 1 N–H and O–H groups in total. The van der Waals surface area contributed by atoms with Crippen molar-refractivity contribution in [1.82, 2.24) is 5.32 Å². The highest BCUT2D eigenvalue weighted by molar-refractivity contribution is 5.85. The van der Waals surface area contributed by atoms with Crippen molar-refractivity contribution < 1.29 is 18.3 Å². The van der Waals surface area contributed by atoms with Gasteiger partial charge in [0.15, 0.2) is 11.6 Å². The zero-order valence-corrected chi connectivity index (χ0v) is 9.02. The molecule has 88 valence electrons. The van der Waals surface area contributed by atoms with Gasteiger partial charge in [0.2, 0.25) is 0 Å². The van der Waals surface area contributed by atoms with Gasteiger partial charge in [-0.3, -0.25) is 0 Å². The van der Waals surface area contributed by atoms with Crippen LogP contribution in [0.15, 0.2) is 18.2 Å². The van der Waals surface area contributed by atoms with Gasteiger partial charge in [-0.15, -0.1) is 12.4 Å². The highest BCUT2D eigenvalue weighted by Gasteiger charge is 2.21. The van der Waals surface area contributed by atoms with E-state index in [0.29, 0.717) is 12.0 Å². The second-order valence-electron chi connectivity index (χ2n) is 3.30. The summed E-state index contributed by atoms with van der Waals surface area (Å²) in [4.78, 5) is 10.9. The molecule has 3 nitrogen and oxygen atoms in total. The zero-order chi connectivity index (χ0) is 10.8. The SMILES string of the molecule is Cl.O=C1N[C@H](c2ccc(F)c(F)c2)CCO1. The van der Waals surface area contributed by atoms with Gasteiger partial charge in [0.1, 0.15) is 0 Å². The maximum Gasteiger partial charge on any atom is 0.407 e. The summed E-state index contributed by atoms with van der Waals surface area (Å²) in [7, 11) is 0. The number of halogens is 3. The summed E-state index contributed by atoms with van der Waals surface area (Å²) in [6.07, 6.45) is 0.0209. The number of cyclic esters (lactones) is 1. The van der Waals surface area contributed by atoms with Crippen molar-refractivity contribution in [3.8, 4) is 0 Å². The number of hydrogen-bond acceptors (Lipinski definition) is 2. The molecule has 0 saturated carbocycles. The van der Waals surface area contributed by atoms with E-state index >= 15 is 0 Å². The Kier molecular flexibility index (Phi) is 4.06. The molecule has 1 heterocycles. The molecule has 6 heteroatoms. The highest BCUT2D eigenvalue weighted by atomic mass is 35.5. The van der Waals surface area contributed by atoms with Gasteiger partial charge in [-0.05, 0) is 17.7 Å². The van der Waals surface area contributed by atoms with Gasteiger partial charge in [0.05, 0.1) is 12.6 Å². The van der Waals surface area contributed by atoms with Gasteiger partial charge in [-0.25, -0.2) is 13.6 Å². The Morgan fingerprint density at radius 2 is 2.06 bits per heavy atom. The molecule has 1 saturated heterocycles. The molecule has 0 bridgehead atoms. The maximum absolute atomic E-state index is 12.9. The van der Waals surface area contributed by atoms with Crippen molar-refractivity contribution in [1.29, 1.82) is 0 Å². The summed E-state index contributed by atoms with van der Waals surface area (Å²) < 4.78 is 30.2. The second-order valence-corrected chi connectivity index (χ2v) is 3.30. The summed E-state index contributed by atoms with van der Waals surface area (Å²) in [5, 5.41) is 2.53. The monoisotopic (exact) mass is 249 g/mol. The van der Waals surface area contributed by atoms with Crippen LogP contribution in [0.2, 0.25) is 0 Å². The molecule has 1 fully saturated rings. The van der Waals surface area contributed by atoms with Gasteiger partial charge in [0, 0.05) is 6.42 Å². The molecular formula is C10H10ClF2NO2. The smallest absolute Gasteiger partial charge is 0.407 e. The first-order valence-corrected chi connectivity index (χ1v) is 4.55. The number of nitrogens with one attached hydrogen (secondary N) is 1. The number of ether oxygens (including phenoxy) is 1. The molecule has 16 heavy (non-hydrogen) atoms. The van der Waals surface area contributed by atoms with Crippen molar-refractivity contribution in [2.75, 3.05) is 6.61 Å². The standard InChI is InChI=1S/C10H9F2NO2.ClH/c11-7-2-1-6(5-8(7)12)9-3-4-15-10(14)13-9;/h1-2,5,9H,3-4H2,(H,13,14);1H/t9-;/m0./s1. The summed E-state index contributed by atoms with van der Waals surface area (Å²) in [6, 6.07) is 3.29. The van der Waals surface area contributed by atoms with Crippen LogP contribution in [0, 0.1) is 11.6 Å². The number of benzene rings is 1. The number of rotatable bonds is 1. The molecule has 2 rings (SSSR count). The Hall–Kier alpha value is -1.36. The molecule has 0 radical (unpaired) electrons. The number of carbonyl (C=O) groups excluding carboxylic acids is 1. The van der Waals surface area contributed by atoms with E-state index < -0.39 is 17.7 Å². The van der Waals surface area contributed by atoms with Gasteiger partial charge < -0.3 is 10.1 Å². The van der Waals surface area contributed by atoms with E-state index in [2.05, 4.69) is 10.1 Å². The third-order valence-electron chi connectivity index (χ3n) is 2.28. The fraction of sp³-hybridized carbons (Fsp3) is 0.300. The molecule has 0 aromatic heterocycles. The van der Waals surface area contributed by atoms with Crippen molar-refractivity contribution in [2.24, 2.45) is 0 Å². The Balaban J connectivity index is 0.00000128. The first-order valence-electron chi connectivity index (χ1n) is 4.55. The third-order valence-corrected chi connectivity index (χ3v) is 2.28. The van der Waals surface area contributed by atoms with Crippen LogP contribution >= 0.6 is 12.4 Å². The summed E-state index contributed by atoms with van der Waals surface area (Å²) >= 11 is 0. The fourth-order valence-electron chi connectivity index (χ4n) is 1.50. The van der Waals surface area contributed by atoms with Crippen LogP contribution in [0.5, 0.6) is 0 Å². The maximum atomic E-state index is 12.9. The first kappa shape index (κ1) is 12.7. The largest absolute Gasteiger partial charge is 0.449 e. The number of amides is 1. The van der Waals surface area contributed by atoms with Crippen LogP contribution in [0.4, 0.5) is 13.6 Å². The van der Waals surface area contributed by atoms with Crippen LogP contribution in [0.3, 0.4) is 0 Å². The summed E-state index contributed by atoms with van der Waals surface area (Å²) in [5.74, 6) is -1.80. The Morgan fingerprint density at radius 3 is 2.69 bits per heavy atom. The lowest BCUT2D eigenvalue weighted by Crippen LogP contribution is -2.35. The Morgan fingerprint density at radius 1 is 1.31 bits per heavy atom. The molecule has 0 spiro atoms. The van der Waals surface area contributed by atoms with Crippen molar-refractivity contribution in [3.63, 3.8) is 0 Å². The minimum absolute atomic E-state index is 0. The average Bonchev–Trinajstić information content (AvgIpc) is 2.22. The van der Waals surface area contributed by atoms with Crippen LogP contribution in [0.25, 0.3) is 0 Å². The predicted molar refractivity (Wildman–Crippen MR) is 55.4 cm³/mol. The Bertz CT molecular complexity index is 400. The van der Waals surface area contributed by atoms with Crippen LogP contribution < -0.4 is 5.32 Å². The van der Waals surface area contributed by atoms with E-state index in [0.717, 1.165) is 12.1 Å². The minimum Gasteiger partial charge on any atom is -0.449 e. The van der Waals surface area contributed by atoms with E-state index in [-0.39, 0.29) is 25.1 Å². The molecule has 1 atom stereocenters. The second kappa shape index (κ2) is 5.12. The van der Waals surface area contributed by atoms with E-state index in [9.17, 15) is 13.6 Å². The van der Waals surface area contributed by atoms with E-state index in [1.807, 2.05) is 0 Å². The zero-order valence-electron chi connectivity index (χ0n) is 8.20.